The average Bonchev–Trinajstić information content (AvgIpc) is 2.73. The molecule has 1 amide bonds. The summed E-state index contributed by atoms with van der Waals surface area (Å²) in [4.78, 5) is 45.4. The molecule has 0 fully saturated rings. The molecule has 0 atom stereocenters. The second kappa shape index (κ2) is 7.23. The minimum Gasteiger partial charge on any atom is -0.478 e. The monoisotopic (exact) mass is 390 g/mol. The molecule has 0 radical (unpaired) electrons. The van der Waals surface area contributed by atoms with Crippen LogP contribution in [0.3, 0.4) is 0 Å². The van der Waals surface area contributed by atoms with Crippen LogP contribution in [-0.4, -0.2) is 38.4 Å². The Morgan fingerprint density at radius 1 is 1.14 bits per heavy atom. The van der Waals surface area contributed by atoms with Gasteiger partial charge in [-0.15, -0.1) is 0 Å². The Morgan fingerprint density at radius 2 is 1.90 bits per heavy atom. The molecular weight excluding hydrogens is 372 g/mol. The number of nitrogens with one attached hydrogen (secondary N) is 1. The van der Waals surface area contributed by atoms with Crippen molar-refractivity contribution in [1.82, 2.24) is 14.9 Å². The maximum absolute atomic E-state index is 12.8. The van der Waals surface area contributed by atoms with Gasteiger partial charge >= 0.3 is 5.97 Å². The Balaban J connectivity index is 1.60. The number of fused-ring (bicyclic) bond motifs is 1. The van der Waals surface area contributed by atoms with Crippen LogP contribution in [0.4, 0.5) is 5.69 Å². The summed E-state index contributed by atoms with van der Waals surface area (Å²) in [6.07, 6.45) is 0.452. The number of nitrogens with zero attached hydrogens (tertiary/aromatic N) is 2. The molecule has 1 aliphatic heterocycles. The number of benzene rings is 2. The summed E-state index contributed by atoms with van der Waals surface area (Å²) in [5.74, 6) is -0.961. The molecule has 2 aromatic carbocycles. The number of carbonyl (C=O) groups excluding carboxylic acids is 1. The van der Waals surface area contributed by atoms with E-state index in [1.807, 2.05) is 30.3 Å². The van der Waals surface area contributed by atoms with Gasteiger partial charge in [-0.3, -0.25) is 9.59 Å². The van der Waals surface area contributed by atoms with Crippen molar-refractivity contribution < 1.29 is 14.7 Å². The smallest absolute Gasteiger partial charge is 0.337 e. The highest BCUT2D eigenvalue weighted by molar-refractivity contribution is 5.99. The highest BCUT2D eigenvalue weighted by Crippen LogP contribution is 2.21. The van der Waals surface area contributed by atoms with E-state index < -0.39 is 5.97 Å². The number of carboxylic acid groups (broad SMARTS) is 1. The molecule has 8 nitrogen and oxygen atoms in total. The molecule has 1 aliphatic rings. The number of aromatic carboxylic acids is 1. The van der Waals surface area contributed by atoms with Crippen molar-refractivity contribution in [2.75, 3.05) is 12.3 Å². The second-order valence-electron chi connectivity index (χ2n) is 6.79. The van der Waals surface area contributed by atoms with E-state index in [4.69, 9.17) is 10.8 Å². The lowest BCUT2D eigenvalue weighted by molar-refractivity contribution is 0.0693. The van der Waals surface area contributed by atoms with Crippen LogP contribution in [0.1, 0.15) is 32.0 Å². The number of amides is 1. The molecule has 4 N–H and O–H groups in total. The molecule has 29 heavy (non-hydrogen) atoms. The van der Waals surface area contributed by atoms with E-state index in [2.05, 4.69) is 9.97 Å². The minimum absolute atomic E-state index is 0.0211. The van der Waals surface area contributed by atoms with Gasteiger partial charge in [-0.2, -0.15) is 0 Å². The lowest BCUT2D eigenvalue weighted by Crippen LogP contribution is -2.39. The Hall–Kier alpha value is -3.94. The van der Waals surface area contributed by atoms with E-state index in [0.29, 0.717) is 30.0 Å². The van der Waals surface area contributed by atoms with E-state index in [0.717, 1.165) is 5.56 Å². The molecule has 3 aromatic rings. The first-order valence-electron chi connectivity index (χ1n) is 9.03. The quantitative estimate of drug-likeness (QED) is 0.586. The molecule has 0 saturated heterocycles. The maximum Gasteiger partial charge on any atom is 0.337 e. The molecule has 0 spiro atoms. The van der Waals surface area contributed by atoms with Crippen LogP contribution < -0.4 is 11.3 Å². The number of anilines is 1. The summed E-state index contributed by atoms with van der Waals surface area (Å²) >= 11 is 0. The Morgan fingerprint density at radius 3 is 2.59 bits per heavy atom. The topological polar surface area (TPSA) is 129 Å². The number of carbonyl (C=O) groups is 2. The van der Waals surface area contributed by atoms with Gasteiger partial charge in [0.25, 0.3) is 11.5 Å². The number of H-pyrrole nitrogens is 1. The molecule has 1 aromatic heterocycles. The van der Waals surface area contributed by atoms with E-state index in [9.17, 15) is 14.4 Å². The van der Waals surface area contributed by atoms with Crippen LogP contribution in [-0.2, 0) is 13.0 Å². The number of nitrogens with two attached hydrogens (primary N) is 1. The van der Waals surface area contributed by atoms with Gasteiger partial charge in [0.2, 0.25) is 0 Å². The van der Waals surface area contributed by atoms with Crippen LogP contribution in [0, 0.1) is 0 Å². The Kier molecular flexibility index (Phi) is 4.59. The summed E-state index contributed by atoms with van der Waals surface area (Å²) < 4.78 is 0. The van der Waals surface area contributed by atoms with Gasteiger partial charge in [-0.25, -0.2) is 9.78 Å². The summed E-state index contributed by atoms with van der Waals surface area (Å²) in [5, 5.41) is 9.07. The van der Waals surface area contributed by atoms with Crippen molar-refractivity contribution in [1.29, 1.82) is 0 Å². The van der Waals surface area contributed by atoms with Gasteiger partial charge < -0.3 is 20.7 Å². The number of hydrogen-bond acceptors (Lipinski definition) is 5. The van der Waals surface area contributed by atoms with Crippen LogP contribution in [0.5, 0.6) is 0 Å². The van der Waals surface area contributed by atoms with E-state index in [1.54, 1.807) is 0 Å². The molecule has 0 saturated carbocycles. The largest absolute Gasteiger partial charge is 0.478 e. The van der Waals surface area contributed by atoms with Crippen molar-refractivity contribution in [3.05, 3.63) is 81.3 Å². The van der Waals surface area contributed by atoms with Crippen LogP contribution in [0.15, 0.2) is 53.3 Å². The van der Waals surface area contributed by atoms with Gasteiger partial charge in [0.15, 0.2) is 0 Å². The summed E-state index contributed by atoms with van der Waals surface area (Å²) in [7, 11) is 0. The van der Waals surface area contributed by atoms with Crippen molar-refractivity contribution >= 4 is 17.6 Å². The van der Waals surface area contributed by atoms with Gasteiger partial charge in [-0.1, -0.05) is 30.3 Å². The number of carboxylic acids is 1. The number of aromatic nitrogens is 2. The fourth-order valence-electron chi connectivity index (χ4n) is 3.40. The van der Waals surface area contributed by atoms with Crippen LogP contribution in [0.25, 0.3) is 11.4 Å². The third-order valence-corrected chi connectivity index (χ3v) is 4.93. The van der Waals surface area contributed by atoms with Crippen molar-refractivity contribution in [3.8, 4) is 11.4 Å². The van der Waals surface area contributed by atoms with Crippen LogP contribution >= 0.6 is 0 Å². The van der Waals surface area contributed by atoms with Crippen molar-refractivity contribution in [2.24, 2.45) is 0 Å². The second-order valence-corrected chi connectivity index (χ2v) is 6.79. The van der Waals surface area contributed by atoms with E-state index in [1.165, 1.54) is 23.1 Å². The third kappa shape index (κ3) is 3.47. The Labute approximate surface area is 165 Å². The minimum atomic E-state index is -1.15. The van der Waals surface area contributed by atoms with Gasteiger partial charge in [0.05, 0.1) is 23.4 Å². The lowest BCUT2D eigenvalue weighted by Gasteiger charge is -2.28. The zero-order valence-electron chi connectivity index (χ0n) is 15.4. The van der Waals surface area contributed by atoms with Gasteiger partial charge in [0, 0.05) is 29.8 Å². The van der Waals surface area contributed by atoms with E-state index in [-0.39, 0.29) is 34.8 Å². The average molecular weight is 390 g/mol. The van der Waals surface area contributed by atoms with Gasteiger partial charge in [0.1, 0.15) is 5.82 Å². The highest BCUT2D eigenvalue weighted by atomic mass is 16.4. The molecule has 146 valence electrons. The zero-order valence-corrected chi connectivity index (χ0v) is 15.4. The first-order valence-corrected chi connectivity index (χ1v) is 9.03. The third-order valence-electron chi connectivity index (χ3n) is 4.93. The number of hydrogen-bond donors (Lipinski definition) is 3. The highest BCUT2D eigenvalue weighted by Gasteiger charge is 2.26. The molecule has 8 heteroatoms. The summed E-state index contributed by atoms with van der Waals surface area (Å²) in [5.41, 5.74) is 7.67. The number of aromatic amines is 1. The molecule has 0 aliphatic carbocycles. The lowest BCUT2D eigenvalue weighted by atomic mass is 10.0. The fraction of sp³-hybridized carbons (Fsp3) is 0.143. The van der Waals surface area contributed by atoms with E-state index >= 15 is 0 Å². The first kappa shape index (κ1) is 18.4. The predicted octanol–water partition coefficient (Wildman–Crippen LogP) is 1.92. The fourth-order valence-corrected chi connectivity index (χ4v) is 3.40. The SMILES string of the molecule is Nc1cc(C(=O)N2CCc3nc(-c4ccccc4)[nH]c(=O)c3C2)ccc1C(=O)O. The molecule has 2 heterocycles. The number of rotatable bonds is 3. The predicted molar refractivity (Wildman–Crippen MR) is 107 cm³/mol. The van der Waals surface area contributed by atoms with Gasteiger partial charge in [-0.05, 0) is 18.2 Å². The molecule has 0 unspecified atom stereocenters. The van der Waals surface area contributed by atoms with Crippen molar-refractivity contribution in [3.63, 3.8) is 0 Å². The molecular formula is C21H18N4O4. The molecule has 4 rings (SSSR count). The van der Waals surface area contributed by atoms with Crippen LogP contribution in [0.2, 0.25) is 0 Å². The molecule has 0 bridgehead atoms. The normalized spacial score (nSPS) is 13.0. The Bertz CT molecular complexity index is 1170. The summed E-state index contributed by atoms with van der Waals surface area (Å²) in [6.45, 7) is 0.531. The summed E-state index contributed by atoms with van der Waals surface area (Å²) in [6, 6.07) is 13.5. The number of nitrogen functional groups attached to an aromatic ring is 1. The maximum atomic E-state index is 12.8. The first-order chi connectivity index (χ1) is 13.9. The zero-order chi connectivity index (χ0) is 20.5. The van der Waals surface area contributed by atoms with Crippen molar-refractivity contribution in [2.45, 2.75) is 13.0 Å². The standard InChI is InChI=1S/C21H18N4O4/c22-16-10-13(6-7-14(16)21(28)29)20(27)25-9-8-17-15(11-25)19(26)24-18(23-17)12-4-2-1-3-5-12/h1-7,10H,8-9,11,22H2,(H,28,29)(H,23,24,26).